The Hall–Kier alpha value is -1.06. The minimum absolute atomic E-state index is 0.120. The number of guanidine groups is 1. The number of ether oxygens (including phenoxy) is 1. The second kappa shape index (κ2) is 7.67. The Bertz CT molecular complexity index is 481. The van der Waals surface area contributed by atoms with E-state index >= 15 is 0 Å². The SMILES string of the molecule is CCOC1N=C(N(C)C)NC(NC2CCCC(C(F)(F)F)C2)[N+]1(C)C. The van der Waals surface area contributed by atoms with Crippen molar-refractivity contribution in [3.63, 3.8) is 0 Å². The fourth-order valence-electron chi connectivity index (χ4n) is 3.43. The molecule has 1 fully saturated rings. The smallest absolute Gasteiger partial charge is 0.349 e. The maximum Gasteiger partial charge on any atom is 0.391 e. The average Bonchev–Trinajstić information content (AvgIpc) is 2.50. The van der Waals surface area contributed by atoms with Crippen LogP contribution in [0.1, 0.15) is 32.6 Å². The molecular weight excluding hydrogens is 335 g/mol. The van der Waals surface area contributed by atoms with E-state index in [9.17, 15) is 13.2 Å². The Labute approximate surface area is 148 Å². The third-order valence-corrected chi connectivity index (χ3v) is 5.00. The molecule has 9 heteroatoms. The lowest BCUT2D eigenvalue weighted by Crippen LogP contribution is -2.73. The first-order chi connectivity index (χ1) is 11.6. The molecule has 0 radical (unpaired) electrons. The molecule has 2 aliphatic rings. The van der Waals surface area contributed by atoms with Crippen molar-refractivity contribution in [1.29, 1.82) is 0 Å². The molecule has 0 bridgehead atoms. The minimum Gasteiger partial charge on any atom is -0.349 e. The van der Waals surface area contributed by atoms with E-state index in [-0.39, 0.29) is 25.2 Å². The van der Waals surface area contributed by atoms with Crippen LogP contribution < -0.4 is 10.6 Å². The monoisotopic (exact) mass is 366 g/mol. The van der Waals surface area contributed by atoms with Gasteiger partial charge in [0, 0.05) is 20.1 Å². The van der Waals surface area contributed by atoms with Crippen LogP contribution in [0.3, 0.4) is 0 Å². The summed E-state index contributed by atoms with van der Waals surface area (Å²) in [5.41, 5.74) is 0. The molecular formula is C16H31F3N5O+. The zero-order chi connectivity index (χ0) is 18.8. The highest BCUT2D eigenvalue weighted by atomic mass is 19.4. The number of hydrogen-bond acceptors (Lipinski definition) is 5. The Morgan fingerprint density at radius 3 is 2.56 bits per heavy atom. The van der Waals surface area contributed by atoms with E-state index < -0.39 is 18.4 Å². The van der Waals surface area contributed by atoms with Crippen molar-refractivity contribution in [2.75, 3.05) is 34.8 Å². The van der Waals surface area contributed by atoms with Crippen LogP contribution in [0.2, 0.25) is 0 Å². The van der Waals surface area contributed by atoms with Crippen molar-refractivity contribution < 1.29 is 22.4 Å². The normalized spacial score (nSPS) is 32.7. The number of nitrogens with zero attached hydrogens (tertiary/aromatic N) is 3. The van der Waals surface area contributed by atoms with E-state index in [1.54, 1.807) is 0 Å². The van der Waals surface area contributed by atoms with Crippen LogP contribution in [0.5, 0.6) is 0 Å². The zero-order valence-electron chi connectivity index (χ0n) is 15.7. The van der Waals surface area contributed by atoms with Crippen LogP contribution in [-0.2, 0) is 4.74 Å². The Morgan fingerprint density at radius 1 is 1.32 bits per heavy atom. The highest BCUT2D eigenvalue weighted by Crippen LogP contribution is 2.37. The molecule has 6 nitrogen and oxygen atoms in total. The lowest BCUT2D eigenvalue weighted by molar-refractivity contribution is -0.966. The summed E-state index contributed by atoms with van der Waals surface area (Å²) in [7, 11) is 7.67. The zero-order valence-corrected chi connectivity index (χ0v) is 15.7. The molecule has 0 saturated heterocycles. The molecule has 0 aromatic rings. The number of aliphatic imine (C=N–C) groups is 1. The van der Waals surface area contributed by atoms with Crippen molar-refractivity contribution in [3.8, 4) is 0 Å². The van der Waals surface area contributed by atoms with E-state index in [0.29, 0.717) is 23.5 Å². The van der Waals surface area contributed by atoms with Crippen LogP contribution >= 0.6 is 0 Å². The maximum absolute atomic E-state index is 13.1. The number of halogens is 3. The molecule has 146 valence electrons. The molecule has 1 aliphatic heterocycles. The molecule has 25 heavy (non-hydrogen) atoms. The molecule has 2 N–H and O–H groups in total. The first-order valence-electron chi connectivity index (χ1n) is 8.85. The molecule has 4 atom stereocenters. The third kappa shape index (κ3) is 4.77. The van der Waals surface area contributed by atoms with Gasteiger partial charge >= 0.3 is 6.18 Å². The standard InChI is InChI=1S/C16H31F3N5O/c1-6-25-15-22-13(23(2)3)21-14(24(15,4)5)20-12-9-7-8-11(10-12)16(17,18)19/h11-12,14-15,20H,6-10H2,1-5H3,(H,21,22)/q+1. The summed E-state index contributed by atoms with van der Waals surface area (Å²) >= 11 is 0. The van der Waals surface area contributed by atoms with Gasteiger partial charge in [-0.3, -0.25) is 9.80 Å². The van der Waals surface area contributed by atoms with E-state index in [1.165, 1.54) is 0 Å². The predicted molar refractivity (Wildman–Crippen MR) is 90.5 cm³/mol. The van der Waals surface area contributed by atoms with Crippen LogP contribution in [0.15, 0.2) is 4.99 Å². The van der Waals surface area contributed by atoms with Crippen LogP contribution in [-0.4, -0.2) is 75.0 Å². The molecule has 0 spiro atoms. The quantitative estimate of drug-likeness (QED) is 0.746. The fraction of sp³-hybridized carbons (Fsp3) is 0.938. The summed E-state index contributed by atoms with van der Waals surface area (Å²) in [6, 6.07) is -0.181. The lowest BCUT2D eigenvalue weighted by Gasteiger charge is -2.47. The van der Waals surface area contributed by atoms with Gasteiger partial charge in [0.05, 0.1) is 26.6 Å². The summed E-state index contributed by atoms with van der Waals surface area (Å²) in [6.45, 7) is 2.42. The molecule has 1 heterocycles. The van der Waals surface area contributed by atoms with Crippen molar-refractivity contribution >= 4 is 5.96 Å². The number of nitrogens with one attached hydrogen (secondary N) is 2. The molecule has 1 saturated carbocycles. The molecule has 4 unspecified atom stereocenters. The highest BCUT2D eigenvalue weighted by molar-refractivity contribution is 5.80. The number of rotatable bonds is 4. The average molecular weight is 366 g/mol. The van der Waals surface area contributed by atoms with Crippen LogP contribution in [0.25, 0.3) is 0 Å². The predicted octanol–water partition coefficient (Wildman–Crippen LogP) is 1.90. The van der Waals surface area contributed by atoms with Crippen molar-refractivity contribution in [1.82, 2.24) is 15.5 Å². The molecule has 1 aliphatic carbocycles. The first kappa shape index (κ1) is 20.3. The van der Waals surface area contributed by atoms with Gasteiger partial charge in [-0.25, -0.2) is 5.32 Å². The Balaban J connectivity index is 2.12. The molecule has 0 aromatic carbocycles. The van der Waals surface area contributed by atoms with Crippen molar-refractivity contribution in [3.05, 3.63) is 0 Å². The number of hydrogen-bond donors (Lipinski definition) is 2. The fourth-order valence-corrected chi connectivity index (χ4v) is 3.43. The Morgan fingerprint density at radius 2 is 2.00 bits per heavy atom. The van der Waals surface area contributed by atoms with Gasteiger partial charge in [-0.1, -0.05) is 6.42 Å². The van der Waals surface area contributed by atoms with E-state index in [0.717, 1.165) is 6.42 Å². The highest BCUT2D eigenvalue weighted by Gasteiger charge is 2.46. The van der Waals surface area contributed by atoms with Gasteiger partial charge in [0.2, 0.25) is 12.2 Å². The number of alkyl halides is 3. The largest absolute Gasteiger partial charge is 0.391 e. The van der Waals surface area contributed by atoms with Gasteiger partial charge < -0.3 is 9.64 Å². The summed E-state index contributed by atoms with van der Waals surface area (Å²) in [4.78, 5) is 6.43. The topological polar surface area (TPSA) is 48.9 Å². The van der Waals surface area contributed by atoms with E-state index in [2.05, 4.69) is 15.6 Å². The maximum atomic E-state index is 13.1. The summed E-state index contributed by atoms with van der Waals surface area (Å²) in [6.07, 6.45) is -3.12. The van der Waals surface area contributed by atoms with Gasteiger partial charge in [0.15, 0.2) is 0 Å². The molecule has 2 rings (SSSR count). The second-order valence-electron chi connectivity index (χ2n) is 7.57. The molecule has 0 amide bonds. The van der Waals surface area contributed by atoms with Gasteiger partial charge in [-0.2, -0.15) is 18.2 Å². The van der Waals surface area contributed by atoms with Gasteiger partial charge in [0.25, 0.3) is 6.35 Å². The summed E-state index contributed by atoms with van der Waals surface area (Å²) < 4.78 is 45.4. The Kier molecular flexibility index (Phi) is 6.22. The summed E-state index contributed by atoms with van der Waals surface area (Å²) in [5.74, 6) is -0.556. The van der Waals surface area contributed by atoms with Gasteiger partial charge in [0.1, 0.15) is 0 Å². The first-order valence-corrected chi connectivity index (χ1v) is 8.85. The lowest BCUT2D eigenvalue weighted by atomic mass is 9.85. The van der Waals surface area contributed by atoms with Gasteiger partial charge in [-0.05, 0) is 26.2 Å². The molecule has 0 aromatic heterocycles. The second-order valence-corrected chi connectivity index (χ2v) is 7.57. The van der Waals surface area contributed by atoms with Gasteiger partial charge in [-0.15, -0.1) is 0 Å². The summed E-state index contributed by atoms with van der Waals surface area (Å²) in [5, 5.41) is 6.71. The van der Waals surface area contributed by atoms with E-state index in [4.69, 9.17) is 4.74 Å². The minimum atomic E-state index is -4.12. The van der Waals surface area contributed by atoms with Crippen LogP contribution in [0, 0.1) is 5.92 Å². The van der Waals surface area contributed by atoms with Crippen molar-refractivity contribution in [2.24, 2.45) is 10.9 Å². The van der Waals surface area contributed by atoms with Crippen LogP contribution in [0.4, 0.5) is 13.2 Å². The van der Waals surface area contributed by atoms with Crippen molar-refractivity contribution in [2.45, 2.75) is 57.5 Å². The third-order valence-electron chi connectivity index (χ3n) is 5.00. The van der Waals surface area contributed by atoms with E-state index in [1.807, 2.05) is 40.0 Å². The number of quaternary nitrogens is 1.